The van der Waals surface area contributed by atoms with Crippen molar-refractivity contribution in [3.63, 3.8) is 0 Å². The monoisotopic (exact) mass is 283 g/mol. The highest BCUT2D eigenvalue weighted by atomic mass is 32.2. The molecule has 0 radical (unpaired) electrons. The van der Waals surface area contributed by atoms with Crippen molar-refractivity contribution in [1.82, 2.24) is 9.21 Å². The fraction of sp³-hybridized carbons (Fsp3) is 0.417. The van der Waals surface area contributed by atoms with E-state index < -0.39 is 10.0 Å². The molecule has 0 aliphatic carbocycles. The maximum absolute atomic E-state index is 12.4. The number of anilines is 1. The van der Waals surface area contributed by atoms with E-state index in [4.69, 9.17) is 5.73 Å². The smallest absolute Gasteiger partial charge is 0.243 e. The third-order valence-corrected chi connectivity index (χ3v) is 5.09. The fourth-order valence-corrected chi connectivity index (χ4v) is 3.47. The molecule has 0 unspecified atom stereocenters. The van der Waals surface area contributed by atoms with Gasteiger partial charge in [0.1, 0.15) is 6.29 Å². The summed E-state index contributed by atoms with van der Waals surface area (Å²) in [7, 11) is -3.45. The molecule has 7 heteroatoms. The van der Waals surface area contributed by atoms with Gasteiger partial charge in [-0.2, -0.15) is 4.31 Å². The molecule has 0 amide bonds. The summed E-state index contributed by atoms with van der Waals surface area (Å²) in [6.45, 7) is 2.32. The van der Waals surface area contributed by atoms with Crippen LogP contribution in [0.25, 0.3) is 0 Å². The van der Waals surface area contributed by atoms with Gasteiger partial charge in [-0.3, -0.25) is 4.90 Å². The highest BCUT2D eigenvalue weighted by Gasteiger charge is 2.28. The van der Waals surface area contributed by atoms with Crippen molar-refractivity contribution in [3.05, 3.63) is 24.3 Å². The predicted molar refractivity (Wildman–Crippen MR) is 72.1 cm³/mol. The number of hydrogen-bond donors (Lipinski definition) is 1. The summed E-state index contributed by atoms with van der Waals surface area (Å²) in [5.41, 5.74) is 6.09. The number of rotatable bonds is 4. The van der Waals surface area contributed by atoms with E-state index >= 15 is 0 Å². The maximum Gasteiger partial charge on any atom is 0.243 e. The molecule has 1 heterocycles. The van der Waals surface area contributed by atoms with Crippen LogP contribution in [0.1, 0.15) is 0 Å². The Hall–Kier alpha value is -1.44. The predicted octanol–water partition coefficient (Wildman–Crippen LogP) is -0.226. The summed E-state index contributed by atoms with van der Waals surface area (Å²) in [6.07, 6.45) is 0.837. The normalized spacial score (nSPS) is 18.3. The number of nitrogens with two attached hydrogens (primary N) is 1. The van der Waals surface area contributed by atoms with Gasteiger partial charge in [-0.15, -0.1) is 0 Å². The Morgan fingerprint density at radius 3 is 2.21 bits per heavy atom. The zero-order chi connectivity index (χ0) is 13.9. The lowest BCUT2D eigenvalue weighted by Gasteiger charge is -2.32. The third-order valence-electron chi connectivity index (χ3n) is 3.18. The van der Waals surface area contributed by atoms with E-state index in [1.165, 1.54) is 16.4 Å². The molecule has 1 saturated heterocycles. The zero-order valence-electron chi connectivity index (χ0n) is 10.5. The van der Waals surface area contributed by atoms with Crippen LogP contribution < -0.4 is 5.73 Å². The molecule has 19 heavy (non-hydrogen) atoms. The van der Waals surface area contributed by atoms with Crippen LogP contribution in [0.15, 0.2) is 29.2 Å². The molecule has 0 aromatic heterocycles. The summed E-state index contributed by atoms with van der Waals surface area (Å²) < 4.78 is 26.2. The molecule has 1 aliphatic heterocycles. The van der Waals surface area contributed by atoms with Gasteiger partial charge in [0.15, 0.2) is 0 Å². The van der Waals surface area contributed by atoms with Crippen LogP contribution in [0.3, 0.4) is 0 Å². The Morgan fingerprint density at radius 1 is 1.11 bits per heavy atom. The van der Waals surface area contributed by atoms with Crippen LogP contribution in [0.2, 0.25) is 0 Å². The van der Waals surface area contributed by atoms with E-state index in [0.29, 0.717) is 38.4 Å². The first-order valence-corrected chi connectivity index (χ1v) is 7.50. The second kappa shape index (κ2) is 5.68. The van der Waals surface area contributed by atoms with Crippen molar-refractivity contribution in [2.75, 3.05) is 38.5 Å². The first kappa shape index (κ1) is 14.0. The van der Waals surface area contributed by atoms with E-state index in [-0.39, 0.29) is 4.90 Å². The van der Waals surface area contributed by atoms with Gasteiger partial charge in [0, 0.05) is 31.9 Å². The Kier molecular flexibility index (Phi) is 4.18. The van der Waals surface area contributed by atoms with Crippen LogP contribution in [0, 0.1) is 0 Å². The van der Waals surface area contributed by atoms with Gasteiger partial charge in [-0.25, -0.2) is 8.42 Å². The van der Waals surface area contributed by atoms with E-state index in [2.05, 4.69) is 0 Å². The molecule has 1 fully saturated rings. The Bertz CT molecular complexity index is 534. The molecule has 104 valence electrons. The number of carbonyl (C=O) groups excluding carboxylic acids is 1. The summed E-state index contributed by atoms with van der Waals surface area (Å²) in [6, 6.07) is 6.19. The second-order valence-corrected chi connectivity index (χ2v) is 6.38. The Labute approximate surface area is 112 Å². The molecule has 2 N–H and O–H groups in total. The topological polar surface area (TPSA) is 83.7 Å². The molecule has 6 nitrogen and oxygen atoms in total. The highest BCUT2D eigenvalue weighted by Crippen LogP contribution is 2.18. The number of hydrogen-bond acceptors (Lipinski definition) is 5. The number of carbonyl (C=O) groups is 1. The van der Waals surface area contributed by atoms with E-state index in [9.17, 15) is 13.2 Å². The molecule has 1 aromatic rings. The SMILES string of the molecule is Nc1ccc(S(=O)(=O)N2CCN(CC=O)CC2)cc1. The maximum atomic E-state index is 12.4. The molecule has 1 aliphatic rings. The summed E-state index contributed by atoms with van der Waals surface area (Å²) in [4.78, 5) is 12.6. The van der Waals surface area contributed by atoms with Crippen molar-refractivity contribution < 1.29 is 13.2 Å². The van der Waals surface area contributed by atoms with Gasteiger partial charge >= 0.3 is 0 Å². The lowest BCUT2D eigenvalue weighted by atomic mass is 10.3. The number of piperazine rings is 1. The van der Waals surface area contributed by atoms with Gasteiger partial charge in [-0.1, -0.05) is 0 Å². The van der Waals surface area contributed by atoms with Crippen LogP contribution in [-0.2, 0) is 14.8 Å². The van der Waals surface area contributed by atoms with Crippen LogP contribution in [-0.4, -0.2) is 56.6 Å². The fourth-order valence-electron chi connectivity index (χ4n) is 2.05. The number of aldehydes is 1. The largest absolute Gasteiger partial charge is 0.399 e. The van der Waals surface area contributed by atoms with Crippen molar-refractivity contribution in [2.45, 2.75) is 4.90 Å². The van der Waals surface area contributed by atoms with Crippen molar-refractivity contribution in [1.29, 1.82) is 0 Å². The van der Waals surface area contributed by atoms with E-state index in [0.717, 1.165) is 6.29 Å². The average Bonchev–Trinajstić information content (AvgIpc) is 2.40. The number of benzene rings is 1. The molecular formula is C12H17N3O3S. The molecule has 0 bridgehead atoms. The highest BCUT2D eigenvalue weighted by molar-refractivity contribution is 7.89. The Morgan fingerprint density at radius 2 is 1.68 bits per heavy atom. The molecule has 0 atom stereocenters. The minimum atomic E-state index is -3.45. The van der Waals surface area contributed by atoms with Gasteiger partial charge in [0.25, 0.3) is 0 Å². The average molecular weight is 283 g/mol. The van der Waals surface area contributed by atoms with E-state index in [1.807, 2.05) is 4.90 Å². The Balaban J connectivity index is 2.09. The summed E-state index contributed by atoms with van der Waals surface area (Å²) >= 11 is 0. The number of nitrogens with zero attached hydrogens (tertiary/aromatic N) is 2. The minimum Gasteiger partial charge on any atom is -0.399 e. The first-order chi connectivity index (χ1) is 9.04. The van der Waals surface area contributed by atoms with E-state index in [1.54, 1.807) is 12.1 Å². The quantitative estimate of drug-likeness (QED) is 0.610. The van der Waals surface area contributed by atoms with Crippen molar-refractivity contribution in [2.24, 2.45) is 0 Å². The van der Waals surface area contributed by atoms with Crippen LogP contribution in [0.5, 0.6) is 0 Å². The van der Waals surface area contributed by atoms with Crippen LogP contribution >= 0.6 is 0 Å². The van der Waals surface area contributed by atoms with Gasteiger partial charge in [0.2, 0.25) is 10.0 Å². The minimum absolute atomic E-state index is 0.255. The standard InChI is InChI=1S/C12H17N3O3S/c13-11-1-3-12(4-2-11)19(17,18)15-7-5-14(6-8-15)9-10-16/h1-4,10H,5-9,13H2. The molecule has 0 saturated carbocycles. The summed E-state index contributed by atoms with van der Waals surface area (Å²) in [5.74, 6) is 0. The van der Waals surface area contributed by atoms with Crippen molar-refractivity contribution >= 4 is 22.0 Å². The lowest BCUT2D eigenvalue weighted by molar-refractivity contribution is -0.109. The van der Waals surface area contributed by atoms with Gasteiger partial charge < -0.3 is 10.5 Å². The summed E-state index contributed by atoms with van der Waals surface area (Å²) in [5, 5.41) is 0. The second-order valence-electron chi connectivity index (χ2n) is 4.44. The lowest BCUT2D eigenvalue weighted by Crippen LogP contribution is -2.48. The van der Waals surface area contributed by atoms with Gasteiger partial charge in [-0.05, 0) is 24.3 Å². The van der Waals surface area contributed by atoms with Gasteiger partial charge in [0.05, 0.1) is 11.4 Å². The number of sulfonamides is 1. The molecule has 2 rings (SSSR count). The third kappa shape index (κ3) is 3.12. The van der Waals surface area contributed by atoms with Crippen molar-refractivity contribution in [3.8, 4) is 0 Å². The zero-order valence-corrected chi connectivity index (χ0v) is 11.3. The first-order valence-electron chi connectivity index (χ1n) is 6.06. The molecule has 1 aromatic carbocycles. The molecular weight excluding hydrogens is 266 g/mol. The van der Waals surface area contributed by atoms with Crippen LogP contribution in [0.4, 0.5) is 5.69 Å². The number of nitrogen functional groups attached to an aromatic ring is 1. The molecule has 0 spiro atoms.